The predicted molar refractivity (Wildman–Crippen MR) is 104 cm³/mol. The standard InChI is InChI=1S/C23H31NO/c1-2-23(25)21-14-9-15-22(16-21)24(17-19-10-5-3-6-11-19)18-20-12-7-4-8-13-20/h3-8,10-13,21-23,25H,2,9,14-18H2,1H3/t21-,22+,23?/m0/s1. The summed E-state index contributed by atoms with van der Waals surface area (Å²) in [5, 5.41) is 10.3. The minimum atomic E-state index is -0.141. The van der Waals surface area contributed by atoms with E-state index >= 15 is 0 Å². The summed E-state index contributed by atoms with van der Waals surface area (Å²) < 4.78 is 0. The van der Waals surface area contributed by atoms with Gasteiger partial charge in [-0.15, -0.1) is 0 Å². The van der Waals surface area contributed by atoms with E-state index in [9.17, 15) is 5.11 Å². The Morgan fingerprint density at radius 3 is 2.00 bits per heavy atom. The average Bonchev–Trinajstić information content (AvgIpc) is 2.68. The molecule has 0 heterocycles. The van der Waals surface area contributed by atoms with Crippen LogP contribution in [0.2, 0.25) is 0 Å². The molecule has 0 bridgehead atoms. The molecule has 25 heavy (non-hydrogen) atoms. The molecule has 0 aromatic heterocycles. The molecule has 3 rings (SSSR count). The second-order valence-corrected chi connectivity index (χ2v) is 7.43. The van der Waals surface area contributed by atoms with Crippen molar-refractivity contribution in [1.82, 2.24) is 4.90 Å². The third-order valence-corrected chi connectivity index (χ3v) is 5.62. The lowest BCUT2D eigenvalue weighted by Gasteiger charge is -2.39. The predicted octanol–water partition coefficient (Wildman–Crippen LogP) is 5.02. The van der Waals surface area contributed by atoms with E-state index in [1.807, 2.05) is 0 Å². The first kappa shape index (κ1) is 18.2. The minimum Gasteiger partial charge on any atom is -0.393 e. The molecule has 1 saturated carbocycles. The van der Waals surface area contributed by atoms with Gasteiger partial charge in [0, 0.05) is 19.1 Å². The van der Waals surface area contributed by atoms with Gasteiger partial charge in [-0.3, -0.25) is 4.90 Å². The number of benzene rings is 2. The smallest absolute Gasteiger partial charge is 0.0566 e. The van der Waals surface area contributed by atoms with Crippen molar-refractivity contribution in [2.75, 3.05) is 0 Å². The van der Waals surface area contributed by atoms with Crippen LogP contribution in [0.4, 0.5) is 0 Å². The Morgan fingerprint density at radius 2 is 1.48 bits per heavy atom. The number of nitrogens with zero attached hydrogens (tertiary/aromatic N) is 1. The lowest BCUT2D eigenvalue weighted by Crippen LogP contribution is -2.40. The minimum absolute atomic E-state index is 0.141. The van der Waals surface area contributed by atoms with Crippen molar-refractivity contribution in [2.24, 2.45) is 5.92 Å². The Labute approximate surface area is 152 Å². The van der Waals surface area contributed by atoms with E-state index in [0.717, 1.165) is 25.9 Å². The van der Waals surface area contributed by atoms with E-state index in [0.29, 0.717) is 12.0 Å². The van der Waals surface area contributed by atoms with Crippen molar-refractivity contribution >= 4 is 0 Å². The zero-order chi connectivity index (χ0) is 17.5. The largest absolute Gasteiger partial charge is 0.393 e. The van der Waals surface area contributed by atoms with E-state index < -0.39 is 0 Å². The molecule has 1 unspecified atom stereocenters. The molecule has 3 atom stereocenters. The van der Waals surface area contributed by atoms with Crippen LogP contribution in [0.1, 0.15) is 50.2 Å². The van der Waals surface area contributed by atoms with Gasteiger partial charge in [0.05, 0.1) is 6.10 Å². The molecule has 0 spiro atoms. The van der Waals surface area contributed by atoms with Gasteiger partial charge in [0.15, 0.2) is 0 Å². The topological polar surface area (TPSA) is 23.5 Å². The molecule has 0 radical (unpaired) electrons. The van der Waals surface area contributed by atoms with Crippen molar-refractivity contribution in [3.05, 3.63) is 71.8 Å². The molecule has 0 aliphatic heterocycles. The van der Waals surface area contributed by atoms with Gasteiger partial charge in [0.1, 0.15) is 0 Å². The van der Waals surface area contributed by atoms with Gasteiger partial charge in [-0.2, -0.15) is 0 Å². The van der Waals surface area contributed by atoms with Crippen molar-refractivity contribution in [2.45, 2.75) is 64.3 Å². The monoisotopic (exact) mass is 337 g/mol. The molecule has 2 heteroatoms. The van der Waals surface area contributed by atoms with Crippen LogP contribution in [0.3, 0.4) is 0 Å². The van der Waals surface area contributed by atoms with Gasteiger partial charge < -0.3 is 5.11 Å². The highest BCUT2D eigenvalue weighted by Crippen LogP contribution is 2.32. The van der Waals surface area contributed by atoms with Gasteiger partial charge in [-0.1, -0.05) is 74.0 Å². The fourth-order valence-electron chi connectivity index (χ4n) is 4.17. The van der Waals surface area contributed by atoms with E-state index in [1.165, 1.54) is 30.4 Å². The second kappa shape index (κ2) is 9.17. The molecule has 2 aromatic carbocycles. The zero-order valence-electron chi connectivity index (χ0n) is 15.3. The van der Waals surface area contributed by atoms with E-state index in [1.54, 1.807) is 0 Å². The van der Waals surface area contributed by atoms with E-state index in [4.69, 9.17) is 0 Å². The summed E-state index contributed by atoms with van der Waals surface area (Å²) in [7, 11) is 0. The molecule has 1 aliphatic rings. The lowest BCUT2D eigenvalue weighted by molar-refractivity contribution is 0.0392. The maximum Gasteiger partial charge on any atom is 0.0566 e. The number of aliphatic hydroxyl groups excluding tert-OH is 1. The third-order valence-electron chi connectivity index (χ3n) is 5.62. The molecule has 1 fully saturated rings. The van der Waals surface area contributed by atoms with Crippen molar-refractivity contribution < 1.29 is 5.11 Å². The van der Waals surface area contributed by atoms with Crippen molar-refractivity contribution in [3.63, 3.8) is 0 Å². The van der Waals surface area contributed by atoms with E-state index in [-0.39, 0.29) is 6.10 Å². The lowest BCUT2D eigenvalue weighted by atomic mass is 9.80. The van der Waals surface area contributed by atoms with Crippen molar-refractivity contribution in [3.8, 4) is 0 Å². The van der Waals surface area contributed by atoms with Crippen LogP contribution in [0.5, 0.6) is 0 Å². The highest BCUT2D eigenvalue weighted by molar-refractivity contribution is 5.17. The van der Waals surface area contributed by atoms with Crippen LogP contribution in [0, 0.1) is 5.92 Å². The SMILES string of the molecule is CCC(O)[C@H]1CCC[C@@H](N(Cc2ccccc2)Cc2ccccc2)C1. The first-order valence-electron chi connectivity index (χ1n) is 9.76. The number of aliphatic hydroxyl groups is 1. The number of rotatable bonds is 7. The first-order valence-corrected chi connectivity index (χ1v) is 9.76. The van der Waals surface area contributed by atoms with Crippen LogP contribution in [0.25, 0.3) is 0 Å². The molecule has 1 N–H and O–H groups in total. The summed E-state index contributed by atoms with van der Waals surface area (Å²) in [4.78, 5) is 2.62. The Balaban J connectivity index is 1.75. The maximum atomic E-state index is 10.3. The highest BCUT2D eigenvalue weighted by Gasteiger charge is 2.30. The molecule has 134 valence electrons. The summed E-state index contributed by atoms with van der Waals surface area (Å²) >= 11 is 0. The quantitative estimate of drug-likeness (QED) is 0.767. The van der Waals surface area contributed by atoms with Crippen LogP contribution >= 0.6 is 0 Å². The van der Waals surface area contributed by atoms with Gasteiger partial charge in [-0.25, -0.2) is 0 Å². The summed E-state index contributed by atoms with van der Waals surface area (Å²) in [6.45, 7) is 4.06. The van der Waals surface area contributed by atoms with Crippen LogP contribution in [-0.4, -0.2) is 22.2 Å². The van der Waals surface area contributed by atoms with Gasteiger partial charge >= 0.3 is 0 Å². The summed E-state index contributed by atoms with van der Waals surface area (Å²) in [6.07, 6.45) is 5.50. The first-order chi connectivity index (χ1) is 12.3. The van der Waals surface area contributed by atoms with Crippen molar-refractivity contribution in [1.29, 1.82) is 0 Å². The Bertz CT molecular complexity index is 571. The Morgan fingerprint density at radius 1 is 0.920 bits per heavy atom. The summed E-state index contributed by atoms with van der Waals surface area (Å²) in [5.74, 6) is 0.456. The fourth-order valence-corrected chi connectivity index (χ4v) is 4.17. The fraction of sp³-hybridized carbons (Fsp3) is 0.478. The summed E-state index contributed by atoms with van der Waals surface area (Å²) in [6, 6.07) is 22.1. The molecular weight excluding hydrogens is 306 g/mol. The molecule has 0 amide bonds. The third kappa shape index (κ3) is 5.17. The molecule has 2 aromatic rings. The van der Waals surface area contributed by atoms with Crippen LogP contribution in [-0.2, 0) is 13.1 Å². The zero-order valence-corrected chi connectivity index (χ0v) is 15.3. The second-order valence-electron chi connectivity index (χ2n) is 7.43. The normalized spacial score (nSPS) is 22.0. The van der Waals surface area contributed by atoms with Gasteiger partial charge in [0.25, 0.3) is 0 Å². The van der Waals surface area contributed by atoms with Crippen LogP contribution < -0.4 is 0 Å². The molecule has 2 nitrogen and oxygen atoms in total. The Hall–Kier alpha value is -1.64. The van der Waals surface area contributed by atoms with E-state index in [2.05, 4.69) is 72.5 Å². The molecule has 0 saturated heterocycles. The Kier molecular flexibility index (Phi) is 6.66. The highest BCUT2D eigenvalue weighted by atomic mass is 16.3. The number of hydrogen-bond donors (Lipinski definition) is 1. The maximum absolute atomic E-state index is 10.3. The van der Waals surface area contributed by atoms with Crippen LogP contribution in [0.15, 0.2) is 60.7 Å². The molecule has 1 aliphatic carbocycles. The van der Waals surface area contributed by atoms with Gasteiger partial charge in [0.2, 0.25) is 0 Å². The molecular formula is C23H31NO. The average molecular weight is 338 g/mol. The number of hydrogen-bond acceptors (Lipinski definition) is 2. The summed E-state index contributed by atoms with van der Waals surface area (Å²) in [5.41, 5.74) is 2.74. The van der Waals surface area contributed by atoms with Gasteiger partial charge in [-0.05, 0) is 42.7 Å².